The lowest BCUT2D eigenvalue weighted by molar-refractivity contribution is -0.122. The predicted octanol–water partition coefficient (Wildman–Crippen LogP) is 2.83. The average molecular weight is 409 g/mol. The molecule has 2 aliphatic rings. The third-order valence-electron chi connectivity index (χ3n) is 5.70. The molecule has 1 N–H and O–H groups in total. The number of nitrogens with zero attached hydrogens (tertiary/aromatic N) is 2. The largest absolute Gasteiger partial charge is 0.497 e. The van der Waals surface area contributed by atoms with E-state index in [-0.39, 0.29) is 24.2 Å². The van der Waals surface area contributed by atoms with Crippen LogP contribution in [0.2, 0.25) is 0 Å². The first kappa shape index (κ1) is 20.2. The van der Waals surface area contributed by atoms with Crippen LogP contribution in [0.4, 0.5) is 17.1 Å². The highest BCUT2D eigenvalue weighted by Gasteiger charge is 2.35. The normalized spacial score (nSPS) is 19.1. The Kier molecular flexibility index (Phi) is 5.90. The highest BCUT2D eigenvalue weighted by molar-refractivity contribution is 6.03. The van der Waals surface area contributed by atoms with E-state index in [1.54, 1.807) is 12.0 Å². The molecular weight excluding hydrogens is 382 g/mol. The number of anilines is 3. The number of rotatable bonds is 5. The van der Waals surface area contributed by atoms with E-state index >= 15 is 0 Å². The summed E-state index contributed by atoms with van der Waals surface area (Å²) < 4.78 is 10.7. The summed E-state index contributed by atoms with van der Waals surface area (Å²) in [4.78, 5) is 29.3. The molecule has 2 aromatic rings. The number of nitrogens with one attached hydrogen (secondary N) is 1. The Hall–Kier alpha value is -3.06. The standard InChI is InChI=1S/C23H27N3O4/c1-16-12-18(25-8-10-30-11-9-25)6-7-21(16)24-23(28)17-13-22(27)26(15-17)19-4-3-5-20(14-19)29-2/h3-7,12,14,17H,8-11,13,15H2,1-2H3,(H,24,28). The van der Waals surface area contributed by atoms with Crippen molar-refractivity contribution in [1.29, 1.82) is 0 Å². The van der Waals surface area contributed by atoms with E-state index in [4.69, 9.17) is 9.47 Å². The van der Waals surface area contributed by atoms with Crippen molar-refractivity contribution in [3.8, 4) is 5.75 Å². The highest BCUT2D eigenvalue weighted by atomic mass is 16.5. The maximum Gasteiger partial charge on any atom is 0.229 e. The minimum atomic E-state index is -0.387. The monoisotopic (exact) mass is 409 g/mol. The van der Waals surface area contributed by atoms with Crippen LogP contribution in [-0.2, 0) is 14.3 Å². The fourth-order valence-electron chi connectivity index (χ4n) is 3.95. The summed E-state index contributed by atoms with van der Waals surface area (Å²) in [6.45, 7) is 5.56. The van der Waals surface area contributed by atoms with Crippen LogP contribution >= 0.6 is 0 Å². The second-order valence-corrected chi connectivity index (χ2v) is 7.69. The van der Waals surface area contributed by atoms with Gasteiger partial charge < -0.3 is 24.6 Å². The predicted molar refractivity (Wildman–Crippen MR) is 116 cm³/mol. The van der Waals surface area contributed by atoms with Crippen molar-refractivity contribution in [1.82, 2.24) is 0 Å². The Morgan fingerprint density at radius 2 is 1.93 bits per heavy atom. The van der Waals surface area contributed by atoms with Crippen LogP contribution < -0.4 is 19.9 Å². The molecule has 2 saturated heterocycles. The number of morpholine rings is 1. The summed E-state index contributed by atoms with van der Waals surface area (Å²) in [6, 6.07) is 13.4. The first-order chi connectivity index (χ1) is 14.5. The Bertz CT molecular complexity index is 940. The summed E-state index contributed by atoms with van der Waals surface area (Å²) in [7, 11) is 1.59. The number of hydrogen-bond donors (Lipinski definition) is 1. The maximum atomic E-state index is 12.9. The molecule has 2 amide bonds. The number of methoxy groups -OCH3 is 1. The lowest BCUT2D eigenvalue weighted by atomic mass is 10.1. The Balaban J connectivity index is 1.42. The smallest absolute Gasteiger partial charge is 0.229 e. The molecule has 2 aromatic carbocycles. The van der Waals surface area contributed by atoms with Crippen LogP contribution in [0.5, 0.6) is 5.75 Å². The summed E-state index contributed by atoms with van der Waals surface area (Å²) in [5.74, 6) is 0.116. The molecule has 4 rings (SSSR count). The molecule has 1 atom stereocenters. The van der Waals surface area contributed by atoms with Crippen LogP contribution in [0.15, 0.2) is 42.5 Å². The van der Waals surface area contributed by atoms with Gasteiger partial charge in [-0.3, -0.25) is 9.59 Å². The van der Waals surface area contributed by atoms with E-state index in [1.807, 2.05) is 43.3 Å². The minimum Gasteiger partial charge on any atom is -0.497 e. The molecule has 2 aliphatic heterocycles. The zero-order valence-corrected chi connectivity index (χ0v) is 17.4. The van der Waals surface area contributed by atoms with E-state index in [1.165, 1.54) is 0 Å². The number of hydrogen-bond acceptors (Lipinski definition) is 5. The molecule has 7 heteroatoms. The topological polar surface area (TPSA) is 71.1 Å². The third kappa shape index (κ3) is 4.26. The van der Waals surface area contributed by atoms with E-state index in [0.717, 1.165) is 48.9 Å². The Labute approximate surface area is 176 Å². The molecule has 30 heavy (non-hydrogen) atoms. The second kappa shape index (κ2) is 8.75. The van der Waals surface area contributed by atoms with Crippen molar-refractivity contribution in [3.05, 3.63) is 48.0 Å². The lowest BCUT2D eigenvalue weighted by Gasteiger charge is -2.29. The van der Waals surface area contributed by atoms with Crippen molar-refractivity contribution >= 4 is 28.9 Å². The van der Waals surface area contributed by atoms with Gasteiger partial charge in [0.15, 0.2) is 0 Å². The van der Waals surface area contributed by atoms with Gasteiger partial charge in [-0.05, 0) is 42.8 Å². The van der Waals surface area contributed by atoms with Gasteiger partial charge in [0.05, 0.1) is 26.2 Å². The van der Waals surface area contributed by atoms with Gasteiger partial charge in [-0.1, -0.05) is 6.07 Å². The quantitative estimate of drug-likeness (QED) is 0.822. The van der Waals surface area contributed by atoms with E-state index < -0.39 is 0 Å². The lowest BCUT2D eigenvalue weighted by Crippen LogP contribution is -2.36. The molecule has 0 aromatic heterocycles. The molecular formula is C23H27N3O4. The van der Waals surface area contributed by atoms with Gasteiger partial charge in [-0.15, -0.1) is 0 Å². The van der Waals surface area contributed by atoms with Crippen LogP contribution in [0.25, 0.3) is 0 Å². The molecule has 1 unspecified atom stereocenters. The zero-order chi connectivity index (χ0) is 21.1. The number of benzene rings is 2. The minimum absolute atomic E-state index is 0.0530. The fraction of sp³-hybridized carbons (Fsp3) is 0.391. The number of ether oxygens (including phenoxy) is 2. The van der Waals surface area contributed by atoms with Gasteiger partial charge in [-0.2, -0.15) is 0 Å². The Morgan fingerprint density at radius 1 is 1.13 bits per heavy atom. The summed E-state index contributed by atoms with van der Waals surface area (Å²) in [6.07, 6.45) is 0.202. The first-order valence-electron chi connectivity index (χ1n) is 10.2. The average Bonchev–Trinajstić information content (AvgIpc) is 3.17. The Morgan fingerprint density at radius 3 is 2.67 bits per heavy atom. The van der Waals surface area contributed by atoms with Crippen molar-refractivity contribution in [2.24, 2.45) is 5.92 Å². The maximum absolute atomic E-state index is 12.9. The van der Waals surface area contributed by atoms with Gasteiger partial charge in [0.2, 0.25) is 11.8 Å². The summed E-state index contributed by atoms with van der Waals surface area (Å²) >= 11 is 0. The summed E-state index contributed by atoms with van der Waals surface area (Å²) in [5.41, 5.74) is 3.67. The van der Waals surface area contributed by atoms with Crippen LogP contribution in [0.3, 0.4) is 0 Å². The number of carbonyl (C=O) groups is 2. The molecule has 0 saturated carbocycles. The van der Waals surface area contributed by atoms with Crippen molar-refractivity contribution in [2.45, 2.75) is 13.3 Å². The molecule has 2 heterocycles. The van der Waals surface area contributed by atoms with E-state index in [2.05, 4.69) is 16.3 Å². The van der Waals surface area contributed by atoms with Gasteiger partial charge in [0.25, 0.3) is 0 Å². The second-order valence-electron chi connectivity index (χ2n) is 7.69. The number of amides is 2. The van der Waals surface area contributed by atoms with Crippen molar-refractivity contribution in [3.63, 3.8) is 0 Å². The molecule has 0 radical (unpaired) electrons. The van der Waals surface area contributed by atoms with Crippen LogP contribution in [0.1, 0.15) is 12.0 Å². The van der Waals surface area contributed by atoms with Gasteiger partial charge >= 0.3 is 0 Å². The van der Waals surface area contributed by atoms with E-state index in [0.29, 0.717) is 12.3 Å². The van der Waals surface area contributed by atoms with E-state index in [9.17, 15) is 9.59 Å². The SMILES string of the molecule is COc1cccc(N2CC(C(=O)Nc3ccc(N4CCOCC4)cc3C)CC2=O)c1. The zero-order valence-electron chi connectivity index (χ0n) is 17.4. The third-order valence-corrected chi connectivity index (χ3v) is 5.70. The first-order valence-corrected chi connectivity index (χ1v) is 10.2. The van der Waals surface area contributed by atoms with Gasteiger partial charge in [-0.25, -0.2) is 0 Å². The molecule has 7 nitrogen and oxygen atoms in total. The number of carbonyl (C=O) groups excluding carboxylic acids is 2. The van der Waals surface area contributed by atoms with Crippen LogP contribution in [-0.4, -0.2) is 51.8 Å². The number of aryl methyl sites for hydroxylation is 1. The van der Waals surface area contributed by atoms with Crippen molar-refractivity contribution in [2.75, 3.05) is 55.1 Å². The van der Waals surface area contributed by atoms with Crippen molar-refractivity contribution < 1.29 is 19.1 Å². The molecule has 158 valence electrons. The van der Waals surface area contributed by atoms with Gasteiger partial charge in [0, 0.05) is 49.2 Å². The fourth-order valence-corrected chi connectivity index (χ4v) is 3.95. The van der Waals surface area contributed by atoms with Gasteiger partial charge in [0.1, 0.15) is 5.75 Å². The molecule has 2 fully saturated rings. The molecule has 0 bridgehead atoms. The molecule has 0 spiro atoms. The summed E-state index contributed by atoms with van der Waals surface area (Å²) in [5, 5.41) is 3.01. The molecule has 0 aliphatic carbocycles. The highest BCUT2D eigenvalue weighted by Crippen LogP contribution is 2.29. The van der Waals surface area contributed by atoms with Crippen LogP contribution in [0, 0.1) is 12.8 Å².